The van der Waals surface area contributed by atoms with E-state index in [-0.39, 0.29) is 0 Å². The van der Waals surface area contributed by atoms with Crippen molar-refractivity contribution in [3.63, 3.8) is 0 Å². The summed E-state index contributed by atoms with van der Waals surface area (Å²) in [5.41, 5.74) is 0. The van der Waals surface area contributed by atoms with Crippen molar-refractivity contribution in [2.75, 3.05) is 7.05 Å². The Hall–Kier alpha value is 0.140. The number of aryl methyl sites for hydroxylation is 1. The fourth-order valence-corrected chi connectivity index (χ4v) is 4.26. The molecule has 1 aliphatic carbocycles. The zero-order valence-electron chi connectivity index (χ0n) is 9.84. The number of rotatable bonds is 5. The molecule has 0 amide bonds. The molecule has 2 rings (SSSR count). The Balaban J connectivity index is 1.82. The first kappa shape index (κ1) is 12.6. The molecule has 0 radical (unpaired) electrons. The third-order valence-corrected chi connectivity index (χ3v) is 5.35. The zero-order chi connectivity index (χ0) is 11.4. The summed E-state index contributed by atoms with van der Waals surface area (Å²) in [6, 6.07) is 5.13. The van der Waals surface area contributed by atoms with Gasteiger partial charge in [0.15, 0.2) is 0 Å². The molecule has 0 saturated heterocycles. The van der Waals surface area contributed by atoms with Crippen molar-refractivity contribution in [3.05, 3.63) is 20.8 Å². The summed E-state index contributed by atoms with van der Waals surface area (Å²) >= 11 is 5.40. The Bertz CT molecular complexity index is 317. The van der Waals surface area contributed by atoms with E-state index in [9.17, 15) is 0 Å². The largest absolute Gasteiger partial charge is 0.317 e. The Morgan fingerprint density at radius 1 is 1.44 bits per heavy atom. The van der Waals surface area contributed by atoms with Gasteiger partial charge < -0.3 is 5.32 Å². The molecule has 1 aromatic heterocycles. The molecule has 3 heteroatoms. The van der Waals surface area contributed by atoms with Gasteiger partial charge in [0, 0.05) is 10.9 Å². The fourth-order valence-electron chi connectivity index (χ4n) is 2.76. The van der Waals surface area contributed by atoms with Crippen LogP contribution < -0.4 is 5.32 Å². The van der Waals surface area contributed by atoms with Crippen LogP contribution >= 0.6 is 27.3 Å². The number of nitrogens with one attached hydrogen (secondary N) is 1. The van der Waals surface area contributed by atoms with Gasteiger partial charge in [-0.25, -0.2) is 0 Å². The maximum absolute atomic E-state index is 3.53. The van der Waals surface area contributed by atoms with Gasteiger partial charge in [-0.15, -0.1) is 11.3 Å². The lowest BCUT2D eigenvalue weighted by molar-refractivity contribution is 0.360. The van der Waals surface area contributed by atoms with Crippen LogP contribution in [0.2, 0.25) is 0 Å². The molecule has 1 heterocycles. The summed E-state index contributed by atoms with van der Waals surface area (Å²) in [5, 5.41) is 3.51. The quantitative estimate of drug-likeness (QED) is 0.858. The van der Waals surface area contributed by atoms with Crippen molar-refractivity contribution in [2.45, 2.75) is 44.6 Å². The minimum atomic E-state index is 0.725. The number of halogens is 1. The maximum atomic E-state index is 3.53. The summed E-state index contributed by atoms with van der Waals surface area (Å²) in [6.07, 6.45) is 8.24. The van der Waals surface area contributed by atoms with Gasteiger partial charge in [0.25, 0.3) is 0 Å². The van der Waals surface area contributed by atoms with E-state index in [4.69, 9.17) is 0 Å². The van der Waals surface area contributed by atoms with E-state index in [0.717, 1.165) is 12.0 Å². The molecule has 0 bridgehead atoms. The fraction of sp³-hybridized carbons (Fsp3) is 0.692. The van der Waals surface area contributed by atoms with E-state index >= 15 is 0 Å². The maximum Gasteiger partial charge on any atom is 0.0701 e. The second-order valence-corrected chi connectivity index (χ2v) is 7.23. The summed E-state index contributed by atoms with van der Waals surface area (Å²) in [4.78, 5) is 1.50. The molecular weight excluding hydrogens is 282 g/mol. The lowest BCUT2D eigenvalue weighted by Gasteiger charge is -2.22. The Morgan fingerprint density at radius 2 is 2.19 bits per heavy atom. The average molecular weight is 302 g/mol. The third kappa shape index (κ3) is 3.31. The minimum Gasteiger partial charge on any atom is -0.317 e. The molecule has 1 N–H and O–H groups in total. The predicted molar refractivity (Wildman–Crippen MR) is 75.1 cm³/mol. The first-order chi connectivity index (χ1) is 7.79. The molecule has 0 aromatic carbocycles. The van der Waals surface area contributed by atoms with E-state index in [1.165, 1.54) is 47.2 Å². The molecule has 90 valence electrons. The highest BCUT2D eigenvalue weighted by Gasteiger charge is 2.23. The van der Waals surface area contributed by atoms with E-state index in [0.29, 0.717) is 0 Å². The highest BCUT2D eigenvalue weighted by molar-refractivity contribution is 9.11. The second kappa shape index (κ2) is 6.18. The first-order valence-corrected chi connectivity index (χ1v) is 7.82. The van der Waals surface area contributed by atoms with Gasteiger partial charge in [-0.1, -0.05) is 12.8 Å². The van der Waals surface area contributed by atoms with Crippen LogP contribution in [0.4, 0.5) is 0 Å². The van der Waals surface area contributed by atoms with Gasteiger partial charge in [-0.2, -0.15) is 0 Å². The van der Waals surface area contributed by atoms with Crippen molar-refractivity contribution < 1.29 is 0 Å². The molecule has 16 heavy (non-hydrogen) atoms. The molecular formula is C13H20BrNS. The summed E-state index contributed by atoms with van der Waals surface area (Å²) < 4.78 is 1.25. The average Bonchev–Trinajstić information content (AvgIpc) is 2.91. The smallest absolute Gasteiger partial charge is 0.0701 e. The summed E-state index contributed by atoms with van der Waals surface area (Å²) in [7, 11) is 2.12. The van der Waals surface area contributed by atoms with Gasteiger partial charge in [-0.05, 0) is 66.7 Å². The van der Waals surface area contributed by atoms with Gasteiger partial charge in [0.2, 0.25) is 0 Å². The van der Waals surface area contributed by atoms with Crippen LogP contribution in [0.25, 0.3) is 0 Å². The second-order valence-electron chi connectivity index (χ2n) is 4.68. The SMILES string of the molecule is CNC(CCc1ccc(Br)s1)C1CCCC1. The number of hydrogen-bond acceptors (Lipinski definition) is 2. The molecule has 1 nitrogen and oxygen atoms in total. The molecule has 1 atom stereocenters. The summed E-state index contributed by atoms with van der Waals surface area (Å²) in [6.45, 7) is 0. The van der Waals surface area contributed by atoms with Gasteiger partial charge in [-0.3, -0.25) is 0 Å². The molecule has 0 aliphatic heterocycles. The lowest BCUT2D eigenvalue weighted by atomic mass is 9.94. The van der Waals surface area contributed by atoms with Gasteiger partial charge in [0.05, 0.1) is 3.79 Å². The van der Waals surface area contributed by atoms with Crippen molar-refractivity contribution in [2.24, 2.45) is 5.92 Å². The van der Waals surface area contributed by atoms with E-state index in [1.54, 1.807) is 0 Å². The summed E-state index contributed by atoms with van der Waals surface area (Å²) in [5.74, 6) is 0.924. The van der Waals surface area contributed by atoms with Crippen molar-refractivity contribution in [1.29, 1.82) is 0 Å². The Labute approximate surface area is 111 Å². The Morgan fingerprint density at radius 3 is 2.75 bits per heavy atom. The van der Waals surface area contributed by atoms with Crippen LogP contribution in [0.15, 0.2) is 15.9 Å². The monoisotopic (exact) mass is 301 g/mol. The van der Waals surface area contributed by atoms with Crippen LogP contribution in [0.3, 0.4) is 0 Å². The van der Waals surface area contributed by atoms with Crippen molar-refractivity contribution in [3.8, 4) is 0 Å². The Kier molecular flexibility index (Phi) is 4.86. The molecule has 1 saturated carbocycles. The molecule has 1 aromatic rings. The predicted octanol–water partition coefficient (Wildman–Crippen LogP) is 4.22. The van der Waals surface area contributed by atoms with Crippen LogP contribution in [0.1, 0.15) is 37.0 Å². The van der Waals surface area contributed by atoms with Gasteiger partial charge >= 0.3 is 0 Å². The zero-order valence-corrected chi connectivity index (χ0v) is 12.2. The lowest BCUT2D eigenvalue weighted by Crippen LogP contribution is -2.32. The van der Waals surface area contributed by atoms with Crippen LogP contribution in [-0.4, -0.2) is 13.1 Å². The highest BCUT2D eigenvalue weighted by atomic mass is 79.9. The standard InChI is InChI=1S/C13H20BrNS/c1-15-12(10-4-2-3-5-10)8-6-11-7-9-13(14)16-11/h7,9-10,12,15H,2-6,8H2,1H3. The van der Waals surface area contributed by atoms with Crippen LogP contribution in [0.5, 0.6) is 0 Å². The first-order valence-electron chi connectivity index (χ1n) is 6.21. The van der Waals surface area contributed by atoms with E-state index < -0.39 is 0 Å². The van der Waals surface area contributed by atoms with E-state index in [1.807, 2.05) is 11.3 Å². The normalized spacial score (nSPS) is 19.1. The molecule has 0 spiro atoms. The number of thiophene rings is 1. The molecule has 1 aliphatic rings. The number of hydrogen-bond donors (Lipinski definition) is 1. The van der Waals surface area contributed by atoms with Crippen molar-refractivity contribution in [1.82, 2.24) is 5.32 Å². The van der Waals surface area contributed by atoms with E-state index in [2.05, 4.69) is 40.4 Å². The van der Waals surface area contributed by atoms with Gasteiger partial charge in [0.1, 0.15) is 0 Å². The third-order valence-electron chi connectivity index (χ3n) is 3.67. The molecule has 1 unspecified atom stereocenters. The minimum absolute atomic E-state index is 0.725. The van der Waals surface area contributed by atoms with Crippen molar-refractivity contribution >= 4 is 27.3 Å². The topological polar surface area (TPSA) is 12.0 Å². The molecule has 1 fully saturated rings. The highest BCUT2D eigenvalue weighted by Crippen LogP contribution is 2.30. The van der Waals surface area contributed by atoms with Crippen LogP contribution in [0, 0.1) is 5.92 Å². The van der Waals surface area contributed by atoms with Crippen LogP contribution in [-0.2, 0) is 6.42 Å².